The summed E-state index contributed by atoms with van der Waals surface area (Å²) in [6.07, 6.45) is 0. The van der Waals surface area contributed by atoms with E-state index in [1.807, 2.05) is 12.1 Å². The first-order valence-corrected chi connectivity index (χ1v) is 5.93. The summed E-state index contributed by atoms with van der Waals surface area (Å²) in [6, 6.07) is 15.6. The van der Waals surface area contributed by atoms with Crippen molar-refractivity contribution in [1.82, 2.24) is 0 Å². The Labute approximate surface area is 108 Å². The minimum atomic E-state index is -0.426. The highest BCUT2D eigenvalue weighted by atomic mass is 32.2. The topological polar surface area (TPSA) is 66.9 Å². The monoisotopic (exact) mass is 256 g/mol. The lowest BCUT2D eigenvalue weighted by Gasteiger charge is -2.01. The van der Waals surface area contributed by atoms with Gasteiger partial charge in [0, 0.05) is 21.9 Å². The molecule has 4 nitrogen and oxygen atoms in total. The van der Waals surface area contributed by atoms with Crippen molar-refractivity contribution in [3.8, 4) is 6.07 Å². The lowest BCUT2D eigenvalue weighted by atomic mass is 10.2. The molecule has 0 aliphatic rings. The first-order chi connectivity index (χ1) is 8.69. The van der Waals surface area contributed by atoms with Crippen molar-refractivity contribution in [2.75, 3.05) is 0 Å². The molecule has 0 atom stereocenters. The Morgan fingerprint density at radius 2 is 1.83 bits per heavy atom. The summed E-state index contributed by atoms with van der Waals surface area (Å²) in [4.78, 5) is 11.9. The van der Waals surface area contributed by atoms with Gasteiger partial charge in [-0.15, -0.1) is 0 Å². The van der Waals surface area contributed by atoms with E-state index in [2.05, 4.69) is 6.07 Å². The summed E-state index contributed by atoms with van der Waals surface area (Å²) in [6.45, 7) is 0. The number of nitro benzene ring substituents is 1. The third kappa shape index (κ3) is 2.87. The molecule has 0 bridgehead atoms. The number of rotatable bonds is 3. The van der Waals surface area contributed by atoms with Crippen LogP contribution in [0.15, 0.2) is 58.3 Å². The zero-order valence-electron chi connectivity index (χ0n) is 9.24. The summed E-state index contributed by atoms with van der Waals surface area (Å²) >= 11 is 1.46. The van der Waals surface area contributed by atoms with E-state index in [1.165, 1.54) is 23.9 Å². The molecule has 0 heterocycles. The maximum absolute atomic E-state index is 10.5. The van der Waals surface area contributed by atoms with Crippen LogP contribution in [0.25, 0.3) is 0 Å². The predicted octanol–water partition coefficient (Wildman–Crippen LogP) is 3.62. The van der Waals surface area contributed by atoms with Crippen molar-refractivity contribution < 1.29 is 4.92 Å². The largest absolute Gasteiger partial charge is 0.269 e. The molecule has 0 saturated carbocycles. The lowest BCUT2D eigenvalue weighted by molar-refractivity contribution is -0.384. The van der Waals surface area contributed by atoms with E-state index >= 15 is 0 Å². The maximum Gasteiger partial charge on any atom is 0.269 e. The number of non-ortho nitro benzene ring substituents is 1. The highest BCUT2D eigenvalue weighted by Gasteiger charge is 2.05. The Kier molecular flexibility index (Phi) is 3.60. The number of hydrogen-bond acceptors (Lipinski definition) is 4. The van der Waals surface area contributed by atoms with Gasteiger partial charge >= 0.3 is 0 Å². The zero-order valence-corrected chi connectivity index (χ0v) is 10.1. The van der Waals surface area contributed by atoms with E-state index in [1.54, 1.807) is 24.3 Å². The molecule has 0 radical (unpaired) electrons. The Morgan fingerprint density at radius 3 is 2.44 bits per heavy atom. The Morgan fingerprint density at radius 1 is 1.11 bits per heavy atom. The molecule has 18 heavy (non-hydrogen) atoms. The Balaban J connectivity index is 2.18. The lowest BCUT2D eigenvalue weighted by Crippen LogP contribution is -1.86. The molecule has 2 rings (SSSR count). The van der Waals surface area contributed by atoms with Crippen LogP contribution in [-0.2, 0) is 0 Å². The van der Waals surface area contributed by atoms with Gasteiger partial charge in [0.15, 0.2) is 0 Å². The van der Waals surface area contributed by atoms with Crippen molar-refractivity contribution in [2.24, 2.45) is 0 Å². The summed E-state index contributed by atoms with van der Waals surface area (Å²) < 4.78 is 0. The molecular weight excluding hydrogens is 248 g/mol. The van der Waals surface area contributed by atoms with Gasteiger partial charge in [0.05, 0.1) is 16.6 Å². The SMILES string of the molecule is N#Cc1cccc(Sc2ccc([N+](=O)[O-])cc2)c1. The molecular formula is C13H8N2O2S. The molecule has 0 saturated heterocycles. The van der Waals surface area contributed by atoms with Crippen molar-refractivity contribution in [3.63, 3.8) is 0 Å². The second-order valence-electron chi connectivity index (χ2n) is 3.49. The average Bonchev–Trinajstić information content (AvgIpc) is 2.39. The molecule has 2 aromatic carbocycles. The van der Waals surface area contributed by atoms with Crippen LogP contribution in [0, 0.1) is 21.4 Å². The maximum atomic E-state index is 10.5. The van der Waals surface area contributed by atoms with Gasteiger partial charge in [0.2, 0.25) is 0 Å². The van der Waals surface area contributed by atoms with Crippen LogP contribution in [0.3, 0.4) is 0 Å². The summed E-state index contributed by atoms with van der Waals surface area (Å²) in [7, 11) is 0. The fraction of sp³-hybridized carbons (Fsp3) is 0. The van der Waals surface area contributed by atoms with Crippen molar-refractivity contribution in [1.29, 1.82) is 5.26 Å². The first-order valence-electron chi connectivity index (χ1n) is 5.11. The number of benzene rings is 2. The Bertz CT molecular complexity index is 618. The van der Waals surface area contributed by atoms with Crippen LogP contribution in [0.4, 0.5) is 5.69 Å². The predicted molar refractivity (Wildman–Crippen MR) is 68.4 cm³/mol. The van der Waals surface area contributed by atoms with Gasteiger partial charge in [0.1, 0.15) is 0 Å². The second-order valence-corrected chi connectivity index (χ2v) is 4.64. The molecule has 0 fully saturated rings. The van der Waals surface area contributed by atoms with E-state index in [0.717, 1.165) is 9.79 Å². The van der Waals surface area contributed by atoms with E-state index < -0.39 is 4.92 Å². The number of nitrogens with zero attached hydrogens (tertiary/aromatic N) is 2. The molecule has 0 amide bonds. The molecule has 0 unspecified atom stereocenters. The van der Waals surface area contributed by atoms with E-state index in [0.29, 0.717) is 5.56 Å². The van der Waals surface area contributed by atoms with Crippen LogP contribution in [-0.4, -0.2) is 4.92 Å². The van der Waals surface area contributed by atoms with Crippen LogP contribution in [0.2, 0.25) is 0 Å². The quantitative estimate of drug-likeness (QED) is 0.621. The standard InChI is InChI=1S/C13H8N2O2S/c14-9-10-2-1-3-13(8-10)18-12-6-4-11(5-7-12)15(16)17/h1-8H. The van der Waals surface area contributed by atoms with Crippen molar-refractivity contribution in [3.05, 3.63) is 64.2 Å². The van der Waals surface area contributed by atoms with E-state index in [4.69, 9.17) is 5.26 Å². The molecule has 0 N–H and O–H groups in total. The molecule has 2 aromatic rings. The third-order valence-corrected chi connectivity index (χ3v) is 3.24. The number of hydrogen-bond donors (Lipinski definition) is 0. The van der Waals surface area contributed by atoms with Gasteiger partial charge in [-0.05, 0) is 30.3 Å². The van der Waals surface area contributed by atoms with E-state index in [9.17, 15) is 10.1 Å². The molecule has 5 heteroatoms. The smallest absolute Gasteiger partial charge is 0.258 e. The number of nitro groups is 1. The first kappa shape index (κ1) is 12.1. The normalized spacial score (nSPS) is 9.72. The summed E-state index contributed by atoms with van der Waals surface area (Å²) in [5.74, 6) is 0. The minimum absolute atomic E-state index is 0.0742. The van der Waals surface area contributed by atoms with Crippen molar-refractivity contribution in [2.45, 2.75) is 9.79 Å². The molecule has 0 aromatic heterocycles. The molecule has 88 valence electrons. The van der Waals surface area contributed by atoms with Gasteiger partial charge in [0.25, 0.3) is 5.69 Å². The fourth-order valence-electron chi connectivity index (χ4n) is 1.40. The van der Waals surface area contributed by atoms with Gasteiger partial charge < -0.3 is 0 Å². The molecule has 0 aliphatic heterocycles. The highest BCUT2D eigenvalue weighted by molar-refractivity contribution is 7.99. The fourth-order valence-corrected chi connectivity index (χ4v) is 2.28. The van der Waals surface area contributed by atoms with E-state index in [-0.39, 0.29) is 5.69 Å². The van der Waals surface area contributed by atoms with Gasteiger partial charge in [-0.3, -0.25) is 10.1 Å². The second kappa shape index (κ2) is 5.34. The number of nitriles is 1. The average molecular weight is 256 g/mol. The van der Waals surface area contributed by atoms with Crippen LogP contribution < -0.4 is 0 Å². The Hall–Kier alpha value is -2.32. The van der Waals surface area contributed by atoms with Gasteiger partial charge in [-0.2, -0.15) is 5.26 Å². The zero-order chi connectivity index (χ0) is 13.0. The van der Waals surface area contributed by atoms with Gasteiger partial charge in [-0.1, -0.05) is 17.8 Å². The third-order valence-electron chi connectivity index (χ3n) is 2.25. The van der Waals surface area contributed by atoms with Crippen LogP contribution in [0.5, 0.6) is 0 Å². The minimum Gasteiger partial charge on any atom is -0.258 e. The van der Waals surface area contributed by atoms with Crippen LogP contribution >= 0.6 is 11.8 Å². The molecule has 0 aliphatic carbocycles. The van der Waals surface area contributed by atoms with Crippen molar-refractivity contribution >= 4 is 17.4 Å². The summed E-state index contributed by atoms with van der Waals surface area (Å²) in [5, 5.41) is 19.3. The van der Waals surface area contributed by atoms with Crippen LogP contribution in [0.1, 0.15) is 5.56 Å². The highest BCUT2D eigenvalue weighted by Crippen LogP contribution is 2.29. The molecule has 0 spiro atoms. The van der Waals surface area contributed by atoms with Gasteiger partial charge in [-0.25, -0.2) is 0 Å². The summed E-state index contributed by atoms with van der Waals surface area (Å²) in [5.41, 5.74) is 0.673.